The van der Waals surface area contributed by atoms with Gasteiger partial charge in [0.25, 0.3) is 5.91 Å². The molecular formula is C13H16ClN5O. The van der Waals surface area contributed by atoms with Crippen molar-refractivity contribution >= 4 is 17.5 Å². The van der Waals surface area contributed by atoms with E-state index in [0.717, 1.165) is 12.4 Å². The van der Waals surface area contributed by atoms with Crippen LogP contribution in [0.2, 0.25) is 5.02 Å². The molecule has 0 aliphatic carbocycles. The second-order valence-corrected chi connectivity index (χ2v) is 5.39. The van der Waals surface area contributed by atoms with E-state index in [4.69, 9.17) is 11.6 Å². The summed E-state index contributed by atoms with van der Waals surface area (Å²) in [7, 11) is 2.04. The smallest absolute Gasteiger partial charge is 0.270 e. The lowest BCUT2D eigenvalue weighted by Crippen LogP contribution is -2.49. The average Bonchev–Trinajstić information content (AvgIpc) is 3.09. The average molecular weight is 294 g/mol. The van der Waals surface area contributed by atoms with Gasteiger partial charge >= 0.3 is 0 Å². The summed E-state index contributed by atoms with van der Waals surface area (Å²) in [6.07, 6.45) is 5.15. The summed E-state index contributed by atoms with van der Waals surface area (Å²) >= 11 is 5.85. The van der Waals surface area contributed by atoms with Gasteiger partial charge in [-0.05, 0) is 13.1 Å². The molecule has 2 aromatic rings. The van der Waals surface area contributed by atoms with Gasteiger partial charge in [-0.15, -0.1) is 0 Å². The Labute approximate surface area is 121 Å². The molecule has 0 radical (unpaired) electrons. The van der Waals surface area contributed by atoms with Crippen molar-refractivity contribution in [1.82, 2.24) is 24.8 Å². The van der Waals surface area contributed by atoms with Crippen molar-refractivity contribution in [2.24, 2.45) is 0 Å². The number of amides is 1. The van der Waals surface area contributed by atoms with Crippen LogP contribution >= 0.6 is 11.6 Å². The predicted molar refractivity (Wildman–Crippen MR) is 75.7 cm³/mol. The molecule has 1 atom stereocenters. The second kappa shape index (κ2) is 5.30. The summed E-state index contributed by atoms with van der Waals surface area (Å²) in [4.78, 5) is 26.8. The number of nitrogens with one attached hydrogen (secondary N) is 2. The lowest BCUT2D eigenvalue weighted by molar-refractivity contribution is 0.0529. The quantitative estimate of drug-likeness (QED) is 0.882. The third-order valence-electron chi connectivity index (χ3n) is 3.65. The molecule has 0 bridgehead atoms. The summed E-state index contributed by atoms with van der Waals surface area (Å²) in [5, 5.41) is 0.546. The van der Waals surface area contributed by atoms with Gasteiger partial charge in [-0.25, -0.2) is 4.98 Å². The maximum Gasteiger partial charge on any atom is 0.270 e. The van der Waals surface area contributed by atoms with Crippen LogP contribution in [0.4, 0.5) is 0 Å². The molecule has 2 N–H and O–H groups in total. The van der Waals surface area contributed by atoms with Crippen LogP contribution in [0.5, 0.6) is 0 Å². The fourth-order valence-corrected chi connectivity index (χ4v) is 2.64. The Morgan fingerprint density at radius 2 is 2.30 bits per heavy atom. The van der Waals surface area contributed by atoms with Gasteiger partial charge in [-0.2, -0.15) is 0 Å². The van der Waals surface area contributed by atoms with Gasteiger partial charge in [0.05, 0.1) is 11.1 Å². The minimum atomic E-state index is -0.0263. The van der Waals surface area contributed by atoms with Gasteiger partial charge in [0.15, 0.2) is 0 Å². The van der Waals surface area contributed by atoms with Crippen LogP contribution in [0.3, 0.4) is 0 Å². The lowest BCUT2D eigenvalue weighted by Gasteiger charge is -2.38. The highest BCUT2D eigenvalue weighted by Crippen LogP contribution is 2.22. The zero-order valence-electron chi connectivity index (χ0n) is 11.1. The fourth-order valence-electron chi connectivity index (χ4n) is 2.47. The summed E-state index contributed by atoms with van der Waals surface area (Å²) < 4.78 is 0. The summed E-state index contributed by atoms with van der Waals surface area (Å²) in [6, 6.07) is 1.75. The highest BCUT2D eigenvalue weighted by atomic mass is 35.5. The SMILES string of the molecule is CN1CCN(C(=O)c2cc(Cl)c[nH]2)C[C@H]1c1ncc[nH]1. The molecule has 3 heterocycles. The van der Waals surface area contributed by atoms with E-state index in [9.17, 15) is 4.79 Å². The molecule has 1 aliphatic heterocycles. The molecule has 0 spiro atoms. The number of likely N-dealkylation sites (N-methyl/N-ethyl adjacent to an activating group) is 1. The maximum absolute atomic E-state index is 12.4. The first-order valence-electron chi connectivity index (χ1n) is 6.48. The van der Waals surface area contributed by atoms with E-state index in [-0.39, 0.29) is 11.9 Å². The van der Waals surface area contributed by atoms with Gasteiger partial charge in [0, 0.05) is 38.2 Å². The van der Waals surface area contributed by atoms with Gasteiger partial charge in [-0.3, -0.25) is 9.69 Å². The first-order chi connectivity index (χ1) is 9.65. The van der Waals surface area contributed by atoms with Crippen molar-refractivity contribution in [2.75, 3.05) is 26.7 Å². The van der Waals surface area contributed by atoms with Crippen molar-refractivity contribution in [1.29, 1.82) is 0 Å². The Hall–Kier alpha value is -1.79. The number of rotatable bonds is 2. The van der Waals surface area contributed by atoms with Crippen LogP contribution in [-0.4, -0.2) is 57.3 Å². The van der Waals surface area contributed by atoms with Crippen LogP contribution in [0.25, 0.3) is 0 Å². The number of aromatic nitrogens is 3. The van der Waals surface area contributed by atoms with Crippen LogP contribution in [-0.2, 0) is 0 Å². The minimum Gasteiger partial charge on any atom is -0.356 e. The highest BCUT2D eigenvalue weighted by Gasteiger charge is 2.30. The van der Waals surface area contributed by atoms with E-state index in [1.54, 1.807) is 24.7 Å². The Morgan fingerprint density at radius 3 is 2.95 bits per heavy atom. The lowest BCUT2D eigenvalue weighted by atomic mass is 10.1. The zero-order valence-corrected chi connectivity index (χ0v) is 11.9. The number of piperazine rings is 1. The van der Waals surface area contributed by atoms with Crippen molar-refractivity contribution < 1.29 is 4.79 Å². The predicted octanol–water partition coefficient (Wildman–Crippen LogP) is 1.52. The Balaban J connectivity index is 1.77. The molecule has 106 valence electrons. The monoisotopic (exact) mass is 293 g/mol. The molecule has 20 heavy (non-hydrogen) atoms. The molecular weight excluding hydrogens is 278 g/mol. The largest absolute Gasteiger partial charge is 0.356 e. The second-order valence-electron chi connectivity index (χ2n) is 4.95. The molecule has 1 fully saturated rings. The van der Waals surface area contributed by atoms with Crippen molar-refractivity contribution in [3.05, 3.63) is 41.2 Å². The van der Waals surface area contributed by atoms with E-state index >= 15 is 0 Å². The molecule has 7 heteroatoms. The number of nitrogens with zero attached hydrogens (tertiary/aromatic N) is 3. The maximum atomic E-state index is 12.4. The number of H-pyrrole nitrogens is 2. The van der Waals surface area contributed by atoms with Crippen molar-refractivity contribution in [3.63, 3.8) is 0 Å². The Morgan fingerprint density at radius 1 is 1.45 bits per heavy atom. The molecule has 1 aliphatic rings. The summed E-state index contributed by atoms with van der Waals surface area (Å²) in [5.74, 6) is 0.857. The Bertz CT molecular complexity index is 594. The third-order valence-corrected chi connectivity index (χ3v) is 3.87. The number of imidazole rings is 1. The molecule has 0 unspecified atom stereocenters. The first kappa shape index (κ1) is 13.2. The third kappa shape index (κ3) is 2.44. The van der Waals surface area contributed by atoms with Crippen LogP contribution in [0, 0.1) is 0 Å². The van der Waals surface area contributed by atoms with Gasteiger partial charge in [0.1, 0.15) is 11.5 Å². The van der Waals surface area contributed by atoms with E-state index in [1.165, 1.54) is 0 Å². The van der Waals surface area contributed by atoms with Crippen LogP contribution < -0.4 is 0 Å². The molecule has 1 saturated heterocycles. The van der Waals surface area contributed by atoms with Gasteiger partial charge < -0.3 is 14.9 Å². The van der Waals surface area contributed by atoms with E-state index in [2.05, 4.69) is 19.9 Å². The summed E-state index contributed by atoms with van der Waals surface area (Å²) in [5.41, 5.74) is 0.526. The zero-order chi connectivity index (χ0) is 14.1. The number of halogens is 1. The molecule has 3 rings (SSSR count). The molecule has 6 nitrogen and oxygen atoms in total. The topological polar surface area (TPSA) is 68.0 Å². The molecule has 0 saturated carbocycles. The number of carbonyl (C=O) groups is 1. The van der Waals surface area contributed by atoms with Crippen molar-refractivity contribution in [3.8, 4) is 0 Å². The number of carbonyl (C=O) groups excluding carboxylic acids is 1. The Kier molecular flexibility index (Phi) is 3.50. The van der Waals surface area contributed by atoms with E-state index in [0.29, 0.717) is 23.8 Å². The summed E-state index contributed by atoms with van der Waals surface area (Å²) in [6.45, 7) is 2.12. The van der Waals surface area contributed by atoms with Gasteiger partial charge in [-0.1, -0.05) is 11.6 Å². The normalized spacial score (nSPS) is 20.3. The van der Waals surface area contributed by atoms with Crippen LogP contribution in [0.1, 0.15) is 22.4 Å². The van der Waals surface area contributed by atoms with E-state index < -0.39 is 0 Å². The first-order valence-corrected chi connectivity index (χ1v) is 6.85. The fraction of sp³-hybridized carbons (Fsp3) is 0.385. The number of aromatic amines is 2. The van der Waals surface area contributed by atoms with Gasteiger partial charge in [0.2, 0.25) is 0 Å². The van der Waals surface area contributed by atoms with Crippen LogP contribution in [0.15, 0.2) is 24.7 Å². The standard InChI is InChI=1S/C13H16ClN5O/c1-18-4-5-19(8-11(18)12-15-2-3-16-12)13(20)10-6-9(14)7-17-10/h2-3,6-7,11,17H,4-5,8H2,1H3,(H,15,16)/t11-/m0/s1. The molecule has 2 aromatic heterocycles. The molecule has 1 amide bonds. The number of hydrogen-bond donors (Lipinski definition) is 2. The highest BCUT2D eigenvalue weighted by molar-refractivity contribution is 6.30. The van der Waals surface area contributed by atoms with E-state index in [1.807, 2.05) is 11.9 Å². The minimum absolute atomic E-state index is 0.0263. The molecule has 0 aromatic carbocycles. The number of hydrogen-bond acceptors (Lipinski definition) is 3. The van der Waals surface area contributed by atoms with Crippen molar-refractivity contribution in [2.45, 2.75) is 6.04 Å².